The van der Waals surface area contributed by atoms with Gasteiger partial charge in [0.25, 0.3) is 0 Å². The average Bonchev–Trinajstić information content (AvgIpc) is 3.64. The van der Waals surface area contributed by atoms with Crippen LogP contribution in [0.5, 0.6) is 0 Å². The van der Waals surface area contributed by atoms with Crippen LogP contribution in [0.2, 0.25) is 0 Å². The van der Waals surface area contributed by atoms with Gasteiger partial charge < -0.3 is 80.2 Å². The van der Waals surface area contributed by atoms with Crippen molar-refractivity contribution in [3.05, 3.63) is 36.0 Å². The summed E-state index contributed by atoms with van der Waals surface area (Å²) in [5.74, 6) is -8.94. The average molecular weight is 916 g/mol. The number of carboxylic acid groups (broad SMARTS) is 1. The molecule has 0 aliphatic rings. The summed E-state index contributed by atoms with van der Waals surface area (Å²) in [6.07, 6.45) is 1.18. The number of rotatable bonds is 28. The van der Waals surface area contributed by atoms with Crippen molar-refractivity contribution in [3.63, 3.8) is 0 Å². The zero-order valence-electron chi connectivity index (χ0n) is 36.3. The monoisotopic (exact) mass is 915 g/mol. The van der Waals surface area contributed by atoms with Crippen LogP contribution in [0.15, 0.2) is 30.5 Å². The Bertz CT molecular complexity index is 2040. The maximum atomic E-state index is 13.7. The number of nitrogens with one attached hydrogen (secondary N) is 12. The van der Waals surface area contributed by atoms with Crippen LogP contribution in [0, 0.1) is 10.8 Å². The van der Waals surface area contributed by atoms with Crippen LogP contribution < -0.4 is 65.1 Å². The number of hydrogen-bond acceptors (Lipinski definition) is 12. The molecule has 1 aromatic heterocycles. The number of hydrogen-bond donors (Lipinski definition) is 17. The van der Waals surface area contributed by atoms with Gasteiger partial charge in [-0.1, -0.05) is 18.2 Å². The number of H-pyrrole nitrogens is 1. The summed E-state index contributed by atoms with van der Waals surface area (Å²) < 4.78 is 0. The van der Waals surface area contributed by atoms with Gasteiger partial charge in [-0.25, -0.2) is 4.79 Å². The van der Waals surface area contributed by atoms with E-state index < -0.39 is 102 Å². The Morgan fingerprint density at radius 3 is 1.55 bits per heavy atom. The molecule has 2 rings (SSSR count). The van der Waals surface area contributed by atoms with E-state index in [0.29, 0.717) is 5.56 Å². The number of aromatic nitrogens is 1. The van der Waals surface area contributed by atoms with E-state index in [1.807, 2.05) is 0 Å². The van der Waals surface area contributed by atoms with Gasteiger partial charge in [-0.15, -0.1) is 0 Å². The third kappa shape index (κ3) is 19.2. The standard InChI is InChI=1S/C39H61N15O11/c1-19(31(58)53-28(37(64)65)16-22-17-47-24-9-5-4-8-23(22)24)49-36(63)29(18-55)54-32(59)20(2)48-33(60)26(11-7-15-46-39(43)44)51-35(62)27(12-13-30(40)57)52-34(61)25(50-21(3)56)10-6-14-45-38(41)42/h4-5,8-9,17,19-20,25-29,47,55H,6-7,10-16,18H2,1-3H3,(H2,40,57)(H,48,60)(H,49,63)(H,50,56)(H,51,62)(H,52,61)(H,53,58)(H,54,59)(H,64,65)(H4,41,42,45)(H4,43,44,46)/t19-,20-,25-,26-,27-,28-,29-/m0/s1. The van der Waals surface area contributed by atoms with E-state index >= 15 is 0 Å². The number of aliphatic carboxylic acids is 1. The molecule has 0 fully saturated rings. The fraction of sp³-hybridized carbons (Fsp3) is 0.513. The summed E-state index contributed by atoms with van der Waals surface area (Å²) in [6.45, 7) is 2.98. The minimum Gasteiger partial charge on any atom is -0.480 e. The molecule has 0 saturated carbocycles. The molecule has 26 nitrogen and oxygen atoms in total. The van der Waals surface area contributed by atoms with E-state index in [4.69, 9.17) is 28.0 Å². The second kappa shape index (κ2) is 26.8. The summed E-state index contributed by atoms with van der Waals surface area (Å²) in [4.78, 5) is 119. The number of primary amides is 1. The van der Waals surface area contributed by atoms with Crippen LogP contribution >= 0.6 is 0 Å². The topological polar surface area (TPSA) is 444 Å². The number of fused-ring (bicyclic) bond motifs is 1. The highest BCUT2D eigenvalue weighted by Gasteiger charge is 2.32. The normalized spacial score (nSPS) is 14.0. The highest BCUT2D eigenvalue weighted by Crippen LogP contribution is 2.19. The molecule has 0 bridgehead atoms. The van der Waals surface area contributed by atoms with Gasteiger partial charge >= 0.3 is 5.97 Å². The zero-order valence-corrected chi connectivity index (χ0v) is 36.3. The first kappa shape index (κ1) is 53.6. The molecule has 1 heterocycles. The molecule has 0 spiro atoms. The molecule has 0 radical (unpaired) electrons. The first-order valence-electron chi connectivity index (χ1n) is 20.5. The fourth-order valence-electron chi connectivity index (χ4n) is 6.21. The number of amides is 8. The van der Waals surface area contributed by atoms with E-state index in [1.165, 1.54) is 20.8 Å². The number of carboxylic acids is 1. The predicted molar refractivity (Wildman–Crippen MR) is 234 cm³/mol. The Labute approximate surface area is 373 Å². The maximum Gasteiger partial charge on any atom is 0.326 e. The summed E-state index contributed by atoms with van der Waals surface area (Å²) in [5, 5.41) is 57.1. The number of aliphatic hydroxyl groups is 1. The quantitative estimate of drug-likeness (QED) is 0.0216. The van der Waals surface area contributed by atoms with Crippen molar-refractivity contribution in [3.8, 4) is 0 Å². The van der Waals surface area contributed by atoms with Gasteiger partial charge in [0.05, 0.1) is 6.61 Å². The Morgan fingerprint density at radius 2 is 1.08 bits per heavy atom. The lowest BCUT2D eigenvalue weighted by Crippen LogP contribution is -2.59. The molecule has 26 heteroatoms. The molecule has 0 unspecified atom stereocenters. The van der Waals surface area contributed by atoms with Crippen LogP contribution in [-0.4, -0.2) is 142 Å². The Hall–Kier alpha value is -7.51. The lowest BCUT2D eigenvalue weighted by atomic mass is 10.0. The van der Waals surface area contributed by atoms with Gasteiger partial charge in [0.2, 0.25) is 47.3 Å². The molecule has 8 amide bonds. The lowest BCUT2D eigenvalue weighted by Gasteiger charge is -2.26. The highest BCUT2D eigenvalue weighted by molar-refractivity contribution is 5.97. The van der Waals surface area contributed by atoms with E-state index in [1.54, 1.807) is 30.5 Å². The molecular formula is C39H61N15O11. The molecule has 0 aliphatic heterocycles. The summed E-state index contributed by atoms with van der Waals surface area (Å²) in [6, 6.07) is -2.63. The molecule has 1 aromatic carbocycles. The molecule has 20 N–H and O–H groups in total. The number of benzene rings is 1. The van der Waals surface area contributed by atoms with Gasteiger partial charge in [0.15, 0.2) is 11.9 Å². The minimum atomic E-state index is -1.65. The second-order valence-electron chi connectivity index (χ2n) is 15.0. The van der Waals surface area contributed by atoms with Crippen molar-refractivity contribution in [2.45, 2.75) is 108 Å². The van der Waals surface area contributed by atoms with Crippen molar-refractivity contribution in [2.24, 2.45) is 17.2 Å². The third-order valence-corrected chi connectivity index (χ3v) is 9.64. The summed E-state index contributed by atoms with van der Waals surface area (Å²) in [7, 11) is 0. The second-order valence-corrected chi connectivity index (χ2v) is 15.0. The molecule has 65 heavy (non-hydrogen) atoms. The van der Waals surface area contributed by atoms with Gasteiger partial charge in [-0.3, -0.25) is 49.2 Å². The Balaban J connectivity index is 2.14. The maximum absolute atomic E-state index is 13.7. The Morgan fingerprint density at radius 1 is 0.631 bits per heavy atom. The summed E-state index contributed by atoms with van der Waals surface area (Å²) in [5.41, 5.74) is 17.3. The third-order valence-electron chi connectivity index (χ3n) is 9.64. The number of nitrogens with two attached hydrogens (primary N) is 3. The molecular weight excluding hydrogens is 855 g/mol. The van der Waals surface area contributed by atoms with E-state index in [9.17, 15) is 53.4 Å². The lowest BCUT2D eigenvalue weighted by molar-refractivity contribution is -0.142. The van der Waals surface area contributed by atoms with Gasteiger partial charge in [-0.2, -0.15) is 0 Å². The fourth-order valence-corrected chi connectivity index (χ4v) is 6.21. The van der Waals surface area contributed by atoms with Crippen LogP contribution in [0.1, 0.15) is 64.9 Å². The van der Waals surface area contributed by atoms with Gasteiger partial charge in [0.1, 0.15) is 42.3 Å². The minimum absolute atomic E-state index is 0.0530. The van der Waals surface area contributed by atoms with E-state index in [0.717, 1.165) is 10.9 Å². The number of aromatic amines is 1. The SMILES string of the molecule is CC(=O)N[C@@H](CCCNC(=N)N)C(=O)N[C@@H](CCC(N)=O)C(=O)N[C@@H](CCCNC(=N)N)C(=O)N[C@@H](C)C(=O)N[C@@H](CO)C(=O)N[C@@H](C)C(=O)N[C@@H](Cc1c[nH]c2ccccc12)C(=O)O. The van der Waals surface area contributed by atoms with Crippen molar-refractivity contribution in [1.29, 1.82) is 10.8 Å². The molecule has 0 saturated heterocycles. The van der Waals surface area contributed by atoms with Crippen molar-refractivity contribution >= 4 is 76.0 Å². The van der Waals surface area contributed by atoms with Gasteiger partial charge in [-0.05, 0) is 57.6 Å². The van der Waals surface area contributed by atoms with Crippen LogP contribution in [0.4, 0.5) is 0 Å². The van der Waals surface area contributed by atoms with E-state index in [2.05, 4.69) is 52.8 Å². The van der Waals surface area contributed by atoms with Crippen LogP contribution in [-0.2, 0) is 49.6 Å². The van der Waals surface area contributed by atoms with Crippen molar-refractivity contribution in [2.75, 3.05) is 19.7 Å². The number of carbonyl (C=O) groups excluding carboxylic acids is 8. The molecule has 7 atom stereocenters. The van der Waals surface area contributed by atoms with Crippen molar-refractivity contribution < 1.29 is 53.4 Å². The largest absolute Gasteiger partial charge is 0.480 e. The predicted octanol–water partition coefficient (Wildman–Crippen LogP) is -4.97. The van der Waals surface area contributed by atoms with E-state index in [-0.39, 0.29) is 70.0 Å². The summed E-state index contributed by atoms with van der Waals surface area (Å²) >= 11 is 0. The Kier molecular flexibility index (Phi) is 22.2. The van der Waals surface area contributed by atoms with Crippen LogP contribution in [0.25, 0.3) is 10.9 Å². The van der Waals surface area contributed by atoms with Crippen LogP contribution in [0.3, 0.4) is 0 Å². The molecule has 358 valence electrons. The van der Waals surface area contributed by atoms with Crippen molar-refractivity contribution in [1.82, 2.24) is 52.8 Å². The number of aliphatic hydroxyl groups excluding tert-OH is 1. The first-order valence-corrected chi connectivity index (χ1v) is 20.5. The first-order chi connectivity index (χ1) is 30.6. The van der Waals surface area contributed by atoms with Gasteiger partial charge in [0, 0.05) is 50.0 Å². The number of guanidine groups is 2. The molecule has 2 aromatic rings. The highest BCUT2D eigenvalue weighted by atomic mass is 16.4. The molecule has 0 aliphatic carbocycles. The number of carbonyl (C=O) groups is 9. The zero-order chi connectivity index (χ0) is 48.8. The number of para-hydroxylation sites is 1. The smallest absolute Gasteiger partial charge is 0.326 e.